The molecule has 1 unspecified atom stereocenters. The van der Waals surface area contributed by atoms with E-state index in [1.165, 1.54) is 38.5 Å². The van der Waals surface area contributed by atoms with Crippen LogP contribution in [0.4, 0.5) is 0 Å². The molecule has 0 aromatic carbocycles. The van der Waals surface area contributed by atoms with Crippen LogP contribution >= 0.6 is 0 Å². The molecule has 3 fully saturated rings. The molecule has 0 aromatic heterocycles. The maximum atomic E-state index is 2.61. The van der Waals surface area contributed by atoms with Crippen molar-refractivity contribution in [3.05, 3.63) is 6.42 Å². The van der Waals surface area contributed by atoms with Crippen LogP contribution in [-0.2, 0) is 0 Å². The molecular weight excluding hydrogens is 192 g/mol. The van der Waals surface area contributed by atoms with Gasteiger partial charge in [-0.05, 0) is 80.0 Å². The summed E-state index contributed by atoms with van der Waals surface area (Å²) >= 11 is 0. The maximum absolute atomic E-state index is 2.61. The van der Waals surface area contributed by atoms with Crippen molar-refractivity contribution in [2.24, 2.45) is 28.6 Å². The van der Waals surface area contributed by atoms with Gasteiger partial charge in [0.15, 0.2) is 0 Å². The zero-order chi connectivity index (χ0) is 11.4. The van der Waals surface area contributed by atoms with Crippen LogP contribution in [-0.4, -0.2) is 0 Å². The molecule has 3 rings (SSSR count). The fourth-order valence-corrected chi connectivity index (χ4v) is 5.33. The molecule has 0 amide bonds. The van der Waals surface area contributed by atoms with Crippen LogP contribution in [0.1, 0.15) is 65.7 Å². The third kappa shape index (κ3) is 1.28. The topological polar surface area (TPSA) is 0 Å². The Balaban J connectivity index is 1.83. The number of rotatable bonds is 1. The van der Waals surface area contributed by atoms with E-state index in [1.807, 2.05) is 0 Å². The van der Waals surface area contributed by atoms with E-state index in [0.717, 1.165) is 17.8 Å². The van der Waals surface area contributed by atoms with Crippen LogP contribution in [0.5, 0.6) is 0 Å². The predicted molar refractivity (Wildman–Crippen MR) is 69.0 cm³/mol. The Morgan fingerprint density at radius 1 is 1.00 bits per heavy atom. The molecule has 91 valence electrons. The molecule has 3 atom stereocenters. The molecule has 3 aliphatic carbocycles. The lowest BCUT2D eigenvalue weighted by atomic mass is 9.61. The van der Waals surface area contributed by atoms with Crippen LogP contribution in [0.2, 0.25) is 0 Å². The van der Waals surface area contributed by atoms with Crippen LogP contribution in [0.25, 0.3) is 0 Å². The predicted octanol–water partition coefficient (Wildman–Crippen LogP) is 4.84. The zero-order valence-electron chi connectivity index (χ0n) is 11.3. The molecule has 0 heterocycles. The lowest BCUT2D eigenvalue weighted by Gasteiger charge is -2.44. The molecule has 0 nitrogen and oxygen atoms in total. The lowest BCUT2D eigenvalue weighted by molar-refractivity contribution is 0.0564. The highest BCUT2D eigenvalue weighted by Gasteiger charge is 2.62. The van der Waals surface area contributed by atoms with Gasteiger partial charge in [-0.1, -0.05) is 20.8 Å². The fraction of sp³-hybridized carbons (Fsp3) is 0.938. The summed E-state index contributed by atoms with van der Waals surface area (Å²) in [7, 11) is 0. The normalized spacial score (nSPS) is 47.4. The summed E-state index contributed by atoms with van der Waals surface area (Å²) in [6.45, 7) is 7.72. The van der Waals surface area contributed by atoms with Crippen LogP contribution in [0.15, 0.2) is 0 Å². The molecule has 0 aromatic rings. The summed E-state index contributed by atoms with van der Waals surface area (Å²) in [6, 6.07) is 0. The maximum Gasteiger partial charge on any atom is -0.0241 e. The minimum atomic E-state index is 0.624. The Labute approximate surface area is 101 Å². The van der Waals surface area contributed by atoms with Gasteiger partial charge >= 0.3 is 0 Å². The van der Waals surface area contributed by atoms with Crippen LogP contribution < -0.4 is 0 Å². The van der Waals surface area contributed by atoms with Gasteiger partial charge in [0, 0.05) is 0 Å². The summed E-state index contributed by atoms with van der Waals surface area (Å²) in [5, 5.41) is 0. The molecule has 3 aliphatic rings. The Morgan fingerprint density at radius 3 is 2.19 bits per heavy atom. The Kier molecular flexibility index (Phi) is 2.43. The van der Waals surface area contributed by atoms with E-state index in [9.17, 15) is 0 Å². The molecule has 16 heavy (non-hydrogen) atoms. The van der Waals surface area contributed by atoms with Gasteiger partial charge < -0.3 is 0 Å². The third-order valence-corrected chi connectivity index (χ3v) is 6.91. The lowest BCUT2D eigenvalue weighted by Crippen LogP contribution is -2.36. The quantitative estimate of drug-likeness (QED) is 0.592. The number of fused-ring (bicyclic) bond motifs is 2. The molecule has 0 aliphatic heterocycles. The largest absolute Gasteiger partial charge is 0.0591 e. The van der Waals surface area contributed by atoms with Crippen molar-refractivity contribution in [3.63, 3.8) is 0 Å². The van der Waals surface area contributed by atoms with Crippen LogP contribution in [0, 0.1) is 35.0 Å². The molecule has 0 saturated heterocycles. The first kappa shape index (κ1) is 11.1. The highest BCUT2D eigenvalue weighted by Crippen LogP contribution is 2.70. The van der Waals surface area contributed by atoms with Gasteiger partial charge in [-0.3, -0.25) is 0 Å². The summed E-state index contributed by atoms with van der Waals surface area (Å²) in [5.74, 6) is 3.14. The van der Waals surface area contributed by atoms with E-state index in [0.29, 0.717) is 10.8 Å². The Bertz CT molecular complexity index is 272. The molecule has 0 N–H and O–H groups in total. The molecular formula is C16H27. The number of hydrogen-bond acceptors (Lipinski definition) is 0. The Hall–Kier alpha value is 0. The van der Waals surface area contributed by atoms with E-state index in [2.05, 4.69) is 27.2 Å². The van der Waals surface area contributed by atoms with Gasteiger partial charge in [-0.25, -0.2) is 0 Å². The number of hydrogen-bond donors (Lipinski definition) is 0. The van der Waals surface area contributed by atoms with Crippen molar-refractivity contribution >= 4 is 0 Å². The first-order valence-corrected chi connectivity index (χ1v) is 7.37. The summed E-state index contributed by atoms with van der Waals surface area (Å²) < 4.78 is 0. The summed E-state index contributed by atoms with van der Waals surface area (Å²) in [5.41, 5.74) is 1.29. The first-order valence-electron chi connectivity index (χ1n) is 7.37. The second kappa shape index (κ2) is 3.50. The van der Waals surface area contributed by atoms with E-state index >= 15 is 0 Å². The molecule has 3 saturated carbocycles. The average Bonchev–Trinajstić information content (AvgIpc) is 2.62. The highest BCUT2D eigenvalue weighted by atomic mass is 14.7. The van der Waals surface area contributed by atoms with Gasteiger partial charge in [-0.2, -0.15) is 0 Å². The SMILES string of the molecule is CC1(C)[C@@H]2CC[C@]1(C)C(C1CC[CH]CC1)C2. The van der Waals surface area contributed by atoms with Crippen molar-refractivity contribution < 1.29 is 0 Å². The van der Waals surface area contributed by atoms with Crippen molar-refractivity contribution in [2.45, 2.75) is 65.7 Å². The molecule has 0 spiro atoms. The van der Waals surface area contributed by atoms with Crippen molar-refractivity contribution in [1.29, 1.82) is 0 Å². The van der Waals surface area contributed by atoms with E-state index < -0.39 is 0 Å². The minimum absolute atomic E-state index is 0.624. The van der Waals surface area contributed by atoms with Crippen molar-refractivity contribution in [1.82, 2.24) is 0 Å². The first-order chi connectivity index (χ1) is 7.56. The minimum Gasteiger partial charge on any atom is -0.0591 e. The summed E-state index contributed by atoms with van der Waals surface area (Å²) in [6.07, 6.45) is 12.8. The van der Waals surface area contributed by atoms with Gasteiger partial charge in [0.25, 0.3) is 0 Å². The Morgan fingerprint density at radius 2 is 1.69 bits per heavy atom. The summed E-state index contributed by atoms with van der Waals surface area (Å²) in [4.78, 5) is 0. The van der Waals surface area contributed by atoms with E-state index in [4.69, 9.17) is 0 Å². The average molecular weight is 219 g/mol. The fourth-order valence-electron chi connectivity index (χ4n) is 5.33. The molecule has 2 bridgehead atoms. The van der Waals surface area contributed by atoms with Crippen molar-refractivity contribution in [3.8, 4) is 0 Å². The third-order valence-electron chi connectivity index (χ3n) is 6.91. The molecule has 1 radical (unpaired) electrons. The smallest absolute Gasteiger partial charge is 0.0241 e. The second-order valence-electron chi connectivity index (χ2n) is 7.42. The van der Waals surface area contributed by atoms with Crippen LogP contribution in [0.3, 0.4) is 0 Å². The zero-order valence-corrected chi connectivity index (χ0v) is 11.3. The van der Waals surface area contributed by atoms with E-state index in [-0.39, 0.29) is 0 Å². The van der Waals surface area contributed by atoms with Gasteiger partial charge in [0.2, 0.25) is 0 Å². The van der Waals surface area contributed by atoms with Crippen molar-refractivity contribution in [2.75, 3.05) is 0 Å². The van der Waals surface area contributed by atoms with E-state index in [1.54, 1.807) is 6.42 Å². The molecule has 0 heteroatoms. The van der Waals surface area contributed by atoms with Gasteiger partial charge in [0.1, 0.15) is 0 Å². The standard InChI is InChI=1S/C16H27/c1-15(2)13-9-10-16(15,3)14(11-13)12-7-5-4-6-8-12/h4,12-14H,5-11H2,1-3H3/t13-,14?,16-/m1/s1. The van der Waals surface area contributed by atoms with Gasteiger partial charge in [0.05, 0.1) is 0 Å². The second-order valence-corrected chi connectivity index (χ2v) is 7.42. The highest BCUT2D eigenvalue weighted by molar-refractivity contribution is 5.11. The monoisotopic (exact) mass is 219 g/mol. The van der Waals surface area contributed by atoms with Gasteiger partial charge in [-0.15, -0.1) is 0 Å².